The third kappa shape index (κ3) is 6.00. The first kappa shape index (κ1) is 15.0. The minimum atomic E-state index is 0.0731. The molecule has 0 saturated heterocycles. The molecule has 0 aliphatic rings. The standard InChI is InChI=1S/C14H23NO3/c1-16-9-10-18-11-13(15)6-3-12-4-7-14(17-2)8-5-12/h4-5,7-8,13H,3,6,9-11,15H2,1-2H3. The van der Waals surface area contributed by atoms with Gasteiger partial charge in [-0.3, -0.25) is 0 Å². The molecule has 0 fully saturated rings. The Hall–Kier alpha value is -1.10. The summed E-state index contributed by atoms with van der Waals surface area (Å²) in [5.41, 5.74) is 7.24. The molecule has 0 aromatic heterocycles. The average molecular weight is 253 g/mol. The van der Waals surface area contributed by atoms with Crippen LogP contribution in [0.15, 0.2) is 24.3 Å². The molecule has 2 N–H and O–H groups in total. The van der Waals surface area contributed by atoms with Gasteiger partial charge in [0.05, 0.1) is 26.9 Å². The molecule has 1 rings (SSSR count). The maximum atomic E-state index is 5.97. The summed E-state index contributed by atoms with van der Waals surface area (Å²) in [6.45, 7) is 1.80. The molecule has 0 heterocycles. The van der Waals surface area contributed by atoms with E-state index in [2.05, 4.69) is 12.1 Å². The van der Waals surface area contributed by atoms with Gasteiger partial charge in [0, 0.05) is 13.2 Å². The number of benzene rings is 1. The van der Waals surface area contributed by atoms with Crippen molar-refractivity contribution in [3.63, 3.8) is 0 Å². The molecule has 0 amide bonds. The molecule has 4 nitrogen and oxygen atoms in total. The second-order valence-electron chi connectivity index (χ2n) is 4.21. The lowest BCUT2D eigenvalue weighted by molar-refractivity contribution is 0.0627. The van der Waals surface area contributed by atoms with Crippen molar-refractivity contribution in [2.45, 2.75) is 18.9 Å². The number of hydrogen-bond acceptors (Lipinski definition) is 4. The normalized spacial score (nSPS) is 12.4. The van der Waals surface area contributed by atoms with Gasteiger partial charge in [0.25, 0.3) is 0 Å². The zero-order chi connectivity index (χ0) is 13.2. The smallest absolute Gasteiger partial charge is 0.118 e. The molecule has 0 spiro atoms. The van der Waals surface area contributed by atoms with Gasteiger partial charge in [-0.25, -0.2) is 0 Å². The molecular weight excluding hydrogens is 230 g/mol. The van der Waals surface area contributed by atoms with E-state index in [9.17, 15) is 0 Å². The average Bonchev–Trinajstić information content (AvgIpc) is 2.42. The lowest BCUT2D eigenvalue weighted by Gasteiger charge is -2.12. The summed E-state index contributed by atoms with van der Waals surface area (Å²) in [7, 11) is 3.33. The highest BCUT2D eigenvalue weighted by molar-refractivity contribution is 5.27. The van der Waals surface area contributed by atoms with E-state index in [0.717, 1.165) is 18.6 Å². The molecular formula is C14H23NO3. The maximum Gasteiger partial charge on any atom is 0.118 e. The van der Waals surface area contributed by atoms with Crippen molar-refractivity contribution in [2.75, 3.05) is 34.0 Å². The SMILES string of the molecule is COCCOCC(N)CCc1ccc(OC)cc1. The first-order chi connectivity index (χ1) is 8.76. The summed E-state index contributed by atoms with van der Waals surface area (Å²) in [5, 5.41) is 0. The van der Waals surface area contributed by atoms with Crippen molar-refractivity contribution >= 4 is 0 Å². The summed E-state index contributed by atoms with van der Waals surface area (Å²) in [5.74, 6) is 0.881. The molecule has 0 bridgehead atoms. The van der Waals surface area contributed by atoms with Gasteiger partial charge in [0.1, 0.15) is 5.75 Å². The van der Waals surface area contributed by atoms with Gasteiger partial charge in [-0.15, -0.1) is 0 Å². The Morgan fingerprint density at radius 2 is 1.83 bits per heavy atom. The van der Waals surface area contributed by atoms with Crippen molar-refractivity contribution in [1.29, 1.82) is 0 Å². The van der Waals surface area contributed by atoms with E-state index in [1.54, 1.807) is 14.2 Å². The lowest BCUT2D eigenvalue weighted by atomic mass is 10.1. The minimum absolute atomic E-state index is 0.0731. The zero-order valence-electron chi connectivity index (χ0n) is 11.2. The molecule has 4 heteroatoms. The summed E-state index contributed by atoms with van der Waals surface area (Å²) in [6.07, 6.45) is 1.87. The molecule has 0 radical (unpaired) electrons. The van der Waals surface area contributed by atoms with Gasteiger partial charge in [-0.2, -0.15) is 0 Å². The monoisotopic (exact) mass is 253 g/mol. The molecule has 1 atom stereocenters. The highest BCUT2D eigenvalue weighted by atomic mass is 16.5. The minimum Gasteiger partial charge on any atom is -0.497 e. The fraction of sp³-hybridized carbons (Fsp3) is 0.571. The predicted octanol–water partition coefficient (Wildman–Crippen LogP) is 1.62. The lowest BCUT2D eigenvalue weighted by Crippen LogP contribution is -2.27. The number of nitrogens with two attached hydrogens (primary N) is 1. The van der Waals surface area contributed by atoms with E-state index in [1.165, 1.54) is 5.56 Å². The Labute approximate surface area is 109 Å². The van der Waals surface area contributed by atoms with Crippen LogP contribution in [0.1, 0.15) is 12.0 Å². The van der Waals surface area contributed by atoms with Crippen LogP contribution in [0.2, 0.25) is 0 Å². The van der Waals surface area contributed by atoms with Gasteiger partial charge in [-0.1, -0.05) is 12.1 Å². The van der Waals surface area contributed by atoms with Gasteiger partial charge < -0.3 is 19.9 Å². The summed E-state index contributed by atoms with van der Waals surface area (Å²) in [4.78, 5) is 0. The van der Waals surface area contributed by atoms with Crippen LogP contribution in [0.3, 0.4) is 0 Å². The van der Waals surface area contributed by atoms with E-state index >= 15 is 0 Å². The highest BCUT2D eigenvalue weighted by Crippen LogP contribution is 2.12. The summed E-state index contributed by atoms with van der Waals surface area (Å²) < 4.78 is 15.4. The van der Waals surface area contributed by atoms with Gasteiger partial charge in [0.15, 0.2) is 0 Å². The van der Waals surface area contributed by atoms with E-state index < -0.39 is 0 Å². The van der Waals surface area contributed by atoms with Gasteiger partial charge in [0.2, 0.25) is 0 Å². The van der Waals surface area contributed by atoms with E-state index in [0.29, 0.717) is 19.8 Å². The van der Waals surface area contributed by atoms with Crippen LogP contribution in [0.4, 0.5) is 0 Å². The number of aryl methyl sites for hydroxylation is 1. The first-order valence-corrected chi connectivity index (χ1v) is 6.21. The van der Waals surface area contributed by atoms with Crippen molar-refractivity contribution < 1.29 is 14.2 Å². The third-order valence-corrected chi connectivity index (χ3v) is 2.73. The molecule has 0 saturated carbocycles. The van der Waals surface area contributed by atoms with Crippen LogP contribution in [-0.2, 0) is 15.9 Å². The van der Waals surface area contributed by atoms with Gasteiger partial charge in [-0.05, 0) is 30.5 Å². The Balaban J connectivity index is 2.18. The van der Waals surface area contributed by atoms with E-state index in [4.69, 9.17) is 19.9 Å². The maximum absolute atomic E-state index is 5.97. The fourth-order valence-corrected chi connectivity index (χ4v) is 1.60. The molecule has 18 heavy (non-hydrogen) atoms. The Morgan fingerprint density at radius 1 is 1.11 bits per heavy atom. The van der Waals surface area contributed by atoms with Crippen LogP contribution < -0.4 is 10.5 Å². The second-order valence-corrected chi connectivity index (χ2v) is 4.21. The number of ether oxygens (including phenoxy) is 3. The molecule has 102 valence electrons. The van der Waals surface area contributed by atoms with Crippen LogP contribution >= 0.6 is 0 Å². The zero-order valence-corrected chi connectivity index (χ0v) is 11.2. The predicted molar refractivity (Wildman–Crippen MR) is 72.0 cm³/mol. The topological polar surface area (TPSA) is 53.7 Å². The summed E-state index contributed by atoms with van der Waals surface area (Å²) >= 11 is 0. The van der Waals surface area contributed by atoms with Crippen LogP contribution in [0.25, 0.3) is 0 Å². The Kier molecular flexibility index (Phi) is 7.41. The Bertz CT molecular complexity index is 313. The van der Waals surface area contributed by atoms with Crippen LogP contribution in [0, 0.1) is 0 Å². The highest BCUT2D eigenvalue weighted by Gasteiger charge is 2.03. The first-order valence-electron chi connectivity index (χ1n) is 6.21. The van der Waals surface area contributed by atoms with Crippen molar-refractivity contribution in [2.24, 2.45) is 5.73 Å². The molecule has 1 aromatic carbocycles. The quantitative estimate of drug-likeness (QED) is 0.679. The van der Waals surface area contributed by atoms with E-state index in [1.807, 2.05) is 12.1 Å². The molecule has 0 aliphatic carbocycles. The van der Waals surface area contributed by atoms with Crippen LogP contribution in [0.5, 0.6) is 5.75 Å². The number of rotatable bonds is 9. The Morgan fingerprint density at radius 3 is 2.44 bits per heavy atom. The van der Waals surface area contributed by atoms with Crippen LogP contribution in [-0.4, -0.2) is 40.1 Å². The third-order valence-electron chi connectivity index (χ3n) is 2.73. The van der Waals surface area contributed by atoms with Crippen molar-refractivity contribution in [1.82, 2.24) is 0 Å². The largest absolute Gasteiger partial charge is 0.497 e. The summed E-state index contributed by atoms with van der Waals surface area (Å²) in [6, 6.07) is 8.14. The second kappa shape index (κ2) is 8.91. The number of methoxy groups -OCH3 is 2. The fourth-order valence-electron chi connectivity index (χ4n) is 1.60. The van der Waals surface area contributed by atoms with E-state index in [-0.39, 0.29) is 6.04 Å². The molecule has 1 aromatic rings. The molecule has 0 aliphatic heterocycles. The molecule has 1 unspecified atom stereocenters. The van der Waals surface area contributed by atoms with Gasteiger partial charge >= 0.3 is 0 Å². The number of hydrogen-bond donors (Lipinski definition) is 1. The van der Waals surface area contributed by atoms with Crippen molar-refractivity contribution in [3.05, 3.63) is 29.8 Å². The van der Waals surface area contributed by atoms with Crippen molar-refractivity contribution in [3.8, 4) is 5.75 Å².